The first kappa shape index (κ1) is 22.0. The van der Waals surface area contributed by atoms with Gasteiger partial charge in [0.05, 0.1) is 5.75 Å². The highest BCUT2D eigenvalue weighted by molar-refractivity contribution is 7.88. The highest BCUT2D eigenvalue weighted by Gasteiger charge is 2.25. The zero-order valence-corrected chi connectivity index (χ0v) is 18.6. The van der Waals surface area contributed by atoms with Gasteiger partial charge in [0.15, 0.2) is 0 Å². The van der Waals surface area contributed by atoms with Crippen LogP contribution in [-0.2, 0) is 22.4 Å². The topological polar surface area (TPSA) is 75.7 Å². The molecule has 0 unspecified atom stereocenters. The lowest BCUT2D eigenvalue weighted by Gasteiger charge is -2.15. The van der Waals surface area contributed by atoms with Crippen LogP contribution in [0.5, 0.6) is 5.75 Å². The average Bonchev–Trinajstić information content (AvgIpc) is 3.36. The largest absolute Gasteiger partial charge is 0.489 e. The second kappa shape index (κ2) is 9.97. The standard InChI is InChI=1S/C25H26N2O4S/c28-25(22-10-8-21(9-11-22)19-32(29,30)27-16-4-5-17-27)26-23-12-14-24(15-13-23)31-18-20-6-2-1-3-7-20/h1-3,6-15H,4-5,16-19H2,(H,26,28). The second-order valence-electron chi connectivity index (χ2n) is 7.81. The van der Waals surface area contributed by atoms with Crippen molar-refractivity contribution in [3.8, 4) is 5.75 Å². The number of rotatable bonds is 8. The van der Waals surface area contributed by atoms with E-state index in [9.17, 15) is 13.2 Å². The van der Waals surface area contributed by atoms with Gasteiger partial charge < -0.3 is 10.1 Å². The van der Waals surface area contributed by atoms with Crippen LogP contribution in [0.1, 0.15) is 34.3 Å². The number of nitrogens with one attached hydrogen (secondary N) is 1. The lowest BCUT2D eigenvalue weighted by Crippen LogP contribution is -2.29. The number of hydrogen-bond acceptors (Lipinski definition) is 4. The molecule has 1 aliphatic rings. The Morgan fingerprint density at radius 3 is 2.16 bits per heavy atom. The van der Waals surface area contributed by atoms with Gasteiger partial charge in [0.1, 0.15) is 12.4 Å². The molecule has 0 radical (unpaired) electrons. The van der Waals surface area contributed by atoms with E-state index in [2.05, 4.69) is 5.32 Å². The summed E-state index contributed by atoms with van der Waals surface area (Å²) in [6, 6.07) is 23.8. The Morgan fingerprint density at radius 2 is 1.50 bits per heavy atom. The molecule has 3 aromatic rings. The summed E-state index contributed by atoms with van der Waals surface area (Å²) in [5.74, 6) is 0.423. The predicted molar refractivity (Wildman–Crippen MR) is 125 cm³/mol. The van der Waals surface area contributed by atoms with Crippen molar-refractivity contribution < 1.29 is 17.9 Å². The third kappa shape index (κ3) is 5.75. The molecule has 1 heterocycles. The summed E-state index contributed by atoms with van der Waals surface area (Å²) in [5, 5.41) is 2.85. The molecule has 0 spiro atoms. The molecule has 1 aliphatic heterocycles. The molecule has 1 saturated heterocycles. The maximum absolute atomic E-state index is 12.5. The zero-order chi connectivity index (χ0) is 22.4. The lowest BCUT2D eigenvalue weighted by atomic mass is 10.1. The van der Waals surface area contributed by atoms with Crippen molar-refractivity contribution in [1.29, 1.82) is 0 Å². The van der Waals surface area contributed by atoms with Crippen LogP contribution in [0.25, 0.3) is 0 Å². The Bertz CT molecular complexity index is 1140. The highest BCUT2D eigenvalue weighted by Crippen LogP contribution is 2.20. The summed E-state index contributed by atoms with van der Waals surface area (Å²) in [5.41, 5.74) is 2.88. The number of anilines is 1. The molecular weight excluding hydrogens is 424 g/mol. The molecule has 0 atom stereocenters. The Labute approximate surface area is 188 Å². The predicted octanol–water partition coefficient (Wildman–Crippen LogP) is 4.44. The number of carbonyl (C=O) groups is 1. The quantitative estimate of drug-likeness (QED) is 0.550. The van der Waals surface area contributed by atoms with E-state index in [-0.39, 0.29) is 11.7 Å². The summed E-state index contributed by atoms with van der Waals surface area (Å²) >= 11 is 0. The molecule has 7 heteroatoms. The van der Waals surface area contributed by atoms with Crippen molar-refractivity contribution >= 4 is 21.6 Å². The van der Waals surface area contributed by atoms with Crippen molar-refractivity contribution in [3.05, 3.63) is 95.6 Å². The molecule has 32 heavy (non-hydrogen) atoms. The van der Waals surface area contributed by atoms with E-state index in [4.69, 9.17) is 4.74 Å². The first-order valence-corrected chi connectivity index (χ1v) is 12.3. The van der Waals surface area contributed by atoms with Gasteiger partial charge in [-0.3, -0.25) is 4.79 Å². The van der Waals surface area contributed by atoms with Crippen LogP contribution in [0.4, 0.5) is 5.69 Å². The molecule has 3 aromatic carbocycles. The molecule has 0 bridgehead atoms. The van der Waals surface area contributed by atoms with E-state index in [1.165, 1.54) is 0 Å². The highest BCUT2D eigenvalue weighted by atomic mass is 32.2. The number of nitrogens with zero attached hydrogens (tertiary/aromatic N) is 1. The van der Waals surface area contributed by atoms with Crippen LogP contribution in [0.15, 0.2) is 78.9 Å². The third-order valence-electron chi connectivity index (χ3n) is 5.38. The number of amides is 1. The molecule has 0 saturated carbocycles. The van der Waals surface area contributed by atoms with Crippen LogP contribution in [0, 0.1) is 0 Å². The van der Waals surface area contributed by atoms with Crippen LogP contribution in [-0.4, -0.2) is 31.7 Å². The third-order valence-corrected chi connectivity index (χ3v) is 7.23. The van der Waals surface area contributed by atoms with E-state index in [0.29, 0.717) is 36.5 Å². The van der Waals surface area contributed by atoms with Gasteiger partial charge in [0.25, 0.3) is 5.91 Å². The lowest BCUT2D eigenvalue weighted by molar-refractivity contribution is 0.102. The second-order valence-corrected chi connectivity index (χ2v) is 9.78. The van der Waals surface area contributed by atoms with Crippen molar-refractivity contribution in [2.45, 2.75) is 25.2 Å². The summed E-state index contributed by atoms with van der Waals surface area (Å²) in [6.45, 7) is 1.67. The van der Waals surface area contributed by atoms with Crippen molar-refractivity contribution in [3.63, 3.8) is 0 Å². The van der Waals surface area contributed by atoms with E-state index in [0.717, 1.165) is 24.2 Å². The number of benzene rings is 3. The van der Waals surface area contributed by atoms with E-state index >= 15 is 0 Å². The molecule has 6 nitrogen and oxygen atoms in total. The van der Waals surface area contributed by atoms with Crippen LogP contribution in [0.2, 0.25) is 0 Å². The van der Waals surface area contributed by atoms with Crippen molar-refractivity contribution in [2.24, 2.45) is 0 Å². The minimum Gasteiger partial charge on any atom is -0.489 e. The molecule has 1 N–H and O–H groups in total. The molecule has 0 aromatic heterocycles. The zero-order valence-electron chi connectivity index (χ0n) is 17.7. The average molecular weight is 451 g/mol. The Kier molecular flexibility index (Phi) is 6.87. The number of hydrogen-bond donors (Lipinski definition) is 1. The minimum atomic E-state index is -3.30. The molecular formula is C25H26N2O4S. The molecule has 4 rings (SSSR count). The Morgan fingerprint density at radius 1 is 0.844 bits per heavy atom. The summed E-state index contributed by atoms with van der Waals surface area (Å²) in [6.07, 6.45) is 1.83. The monoisotopic (exact) mass is 450 g/mol. The van der Waals surface area contributed by atoms with E-state index in [1.807, 2.05) is 42.5 Å². The normalized spacial score (nSPS) is 14.2. The smallest absolute Gasteiger partial charge is 0.255 e. The van der Waals surface area contributed by atoms with Crippen LogP contribution < -0.4 is 10.1 Å². The maximum atomic E-state index is 12.5. The Balaban J connectivity index is 1.31. The molecule has 0 aliphatic carbocycles. The van der Waals surface area contributed by atoms with E-state index in [1.54, 1.807) is 40.7 Å². The van der Waals surface area contributed by atoms with Crippen molar-refractivity contribution in [1.82, 2.24) is 4.31 Å². The first-order chi connectivity index (χ1) is 15.5. The van der Waals surface area contributed by atoms with Gasteiger partial charge in [-0.15, -0.1) is 0 Å². The Hall–Kier alpha value is -3.16. The van der Waals surface area contributed by atoms with Gasteiger partial charge in [0.2, 0.25) is 10.0 Å². The maximum Gasteiger partial charge on any atom is 0.255 e. The summed E-state index contributed by atoms with van der Waals surface area (Å²) in [7, 11) is -3.30. The molecule has 166 valence electrons. The fourth-order valence-electron chi connectivity index (χ4n) is 3.60. The fraction of sp³-hybridized carbons (Fsp3) is 0.240. The van der Waals surface area contributed by atoms with Gasteiger partial charge in [-0.05, 0) is 60.4 Å². The first-order valence-electron chi connectivity index (χ1n) is 10.6. The van der Waals surface area contributed by atoms with Crippen LogP contribution in [0.3, 0.4) is 0 Å². The SMILES string of the molecule is O=C(Nc1ccc(OCc2ccccc2)cc1)c1ccc(CS(=O)(=O)N2CCCC2)cc1. The number of ether oxygens (including phenoxy) is 1. The van der Waals surface area contributed by atoms with Crippen LogP contribution >= 0.6 is 0 Å². The van der Waals surface area contributed by atoms with Gasteiger partial charge >= 0.3 is 0 Å². The molecule has 1 amide bonds. The van der Waals surface area contributed by atoms with Gasteiger partial charge in [-0.1, -0.05) is 42.5 Å². The summed E-state index contributed by atoms with van der Waals surface area (Å²) in [4.78, 5) is 12.5. The summed E-state index contributed by atoms with van der Waals surface area (Å²) < 4.78 is 32.2. The van der Waals surface area contributed by atoms with E-state index < -0.39 is 10.0 Å². The molecule has 1 fully saturated rings. The minimum absolute atomic E-state index is 0.0423. The fourth-order valence-corrected chi connectivity index (χ4v) is 5.21. The number of carbonyl (C=O) groups excluding carboxylic acids is 1. The number of sulfonamides is 1. The van der Waals surface area contributed by atoms with Gasteiger partial charge in [0, 0.05) is 24.3 Å². The van der Waals surface area contributed by atoms with Gasteiger partial charge in [-0.2, -0.15) is 0 Å². The van der Waals surface area contributed by atoms with Crippen molar-refractivity contribution in [2.75, 3.05) is 18.4 Å². The van der Waals surface area contributed by atoms with Gasteiger partial charge in [-0.25, -0.2) is 12.7 Å².